The van der Waals surface area contributed by atoms with Crippen molar-refractivity contribution in [2.45, 2.75) is 32.7 Å². The van der Waals surface area contributed by atoms with E-state index >= 15 is 0 Å². The van der Waals surface area contributed by atoms with Crippen LogP contribution in [0.25, 0.3) is 0 Å². The molecule has 0 aliphatic rings. The van der Waals surface area contributed by atoms with Gasteiger partial charge in [-0.3, -0.25) is 4.79 Å². The number of hydrogen-bond donors (Lipinski definition) is 1. The van der Waals surface area contributed by atoms with Gasteiger partial charge in [-0.2, -0.15) is 0 Å². The van der Waals surface area contributed by atoms with Crippen molar-refractivity contribution in [1.82, 2.24) is 9.80 Å². The first-order valence-corrected chi connectivity index (χ1v) is 5.55. The number of likely N-dealkylation sites (N-methyl/N-ethyl adjacent to an activating group) is 1. The fourth-order valence-electron chi connectivity index (χ4n) is 1.40. The van der Waals surface area contributed by atoms with Crippen molar-refractivity contribution >= 4 is 12.0 Å². The molecule has 0 aromatic heterocycles. The second-order valence-corrected chi connectivity index (χ2v) is 4.92. The molecule has 17 heavy (non-hydrogen) atoms. The molecule has 2 amide bonds. The summed E-state index contributed by atoms with van der Waals surface area (Å²) in [5.74, 6) is -0.904. The van der Waals surface area contributed by atoms with Gasteiger partial charge in [0, 0.05) is 25.7 Å². The summed E-state index contributed by atoms with van der Waals surface area (Å²) >= 11 is 0. The smallest absolute Gasteiger partial charge is 0.320 e. The molecular formula is C12H22N2O3. The summed E-state index contributed by atoms with van der Waals surface area (Å²) in [5, 5.41) is 8.68. The van der Waals surface area contributed by atoms with E-state index in [9.17, 15) is 9.59 Å². The van der Waals surface area contributed by atoms with E-state index in [0.29, 0.717) is 6.54 Å². The first-order chi connectivity index (χ1) is 7.70. The number of amides is 2. The minimum absolute atomic E-state index is 0.0507. The number of hydrogen-bond acceptors (Lipinski definition) is 2. The molecule has 0 heterocycles. The Hall–Kier alpha value is -1.52. The molecular weight excluding hydrogens is 220 g/mol. The summed E-state index contributed by atoms with van der Waals surface area (Å²) < 4.78 is 0. The van der Waals surface area contributed by atoms with E-state index in [0.717, 1.165) is 0 Å². The molecule has 0 aliphatic heterocycles. The van der Waals surface area contributed by atoms with E-state index < -0.39 is 11.5 Å². The van der Waals surface area contributed by atoms with Gasteiger partial charge in [-0.25, -0.2) is 4.79 Å². The molecule has 0 aliphatic carbocycles. The van der Waals surface area contributed by atoms with Crippen molar-refractivity contribution < 1.29 is 14.7 Å². The molecule has 0 radical (unpaired) electrons. The van der Waals surface area contributed by atoms with Gasteiger partial charge in [-0.05, 0) is 20.8 Å². The Morgan fingerprint density at radius 2 is 1.88 bits per heavy atom. The molecule has 0 atom stereocenters. The van der Waals surface area contributed by atoms with Crippen molar-refractivity contribution in [3.63, 3.8) is 0 Å². The summed E-state index contributed by atoms with van der Waals surface area (Å²) in [6.45, 7) is 9.87. The molecule has 5 nitrogen and oxygen atoms in total. The molecule has 0 aromatic rings. The van der Waals surface area contributed by atoms with Crippen LogP contribution in [0, 0.1) is 0 Å². The quantitative estimate of drug-likeness (QED) is 0.748. The number of carbonyl (C=O) groups is 2. The average molecular weight is 242 g/mol. The van der Waals surface area contributed by atoms with Crippen LogP contribution in [0.5, 0.6) is 0 Å². The summed E-state index contributed by atoms with van der Waals surface area (Å²) in [5.41, 5.74) is -0.401. The summed E-state index contributed by atoms with van der Waals surface area (Å²) in [6, 6.07) is -0.182. The highest BCUT2D eigenvalue weighted by Crippen LogP contribution is 2.15. The van der Waals surface area contributed by atoms with E-state index in [1.807, 2.05) is 20.8 Å². The Bertz CT molecular complexity index is 295. The lowest BCUT2D eigenvalue weighted by atomic mass is 10.1. The van der Waals surface area contributed by atoms with E-state index in [2.05, 4.69) is 6.58 Å². The third kappa shape index (κ3) is 5.38. The number of nitrogens with zero attached hydrogens (tertiary/aromatic N) is 2. The molecule has 0 bridgehead atoms. The van der Waals surface area contributed by atoms with Gasteiger partial charge < -0.3 is 14.9 Å². The minimum atomic E-state index is -0.904. The largest absolute Gasteiger partial charge is 0.481 e. The average Bonchev–Trinajstić information content (AvgIpc) is 2.15. The van der Waals surface area contributed by atoms with Crippen molar-refractivity contribution in [1.29, 1.82) is 0 Å². The number of carboxylic acid groups (broad SMARTS) is 1. The van der Waals surface area contributed by atoms with Crippen molar-refractivity contribution in [2.24, 2.45) is 0 Å². The number of aliphatic carboxylic acids is 1. The predicted octanol–water partition coefficient (Wildman–Crippen LogP) is 1.80. The maximum absolute atomic E-state index is 12.1. The van der Waals surface area contributed by atoms with Crippen LogP contribution < -0.4 is 0 Å². The number of urea groups is 1. The second kappa shape index (κ2) is 6.27. The Balaban J connectivity index is 4.74. The molecule has 0 saturated carbocycles. The Morgan fingerprint density at radius 3 is 2.24 bits per heavy atom. The van der Waals surface area contributed by atoms with E-state index in [-0.39, 0.29) is 19.0 Å². The van der Waals surface area contributed by atoms with Gasteiger partial charge in [0.25, 0.3) is 0 Å². The van der Waals surface area contributed by atoms with Gasteiger partial charge in [0.15, 0.2) is 0 Å². The molecule has 0 unspecified atom stereocenters. The summed E-state index contributed by atoms with van der Waals surface area (Å²) in [7, 11) is 1.67. The van der Waals surface area contributed by atoms with Crippen molar-refractivity contribution in [2.75, 3.05) is 20.1 Å². The lowest BCUT2D eigenvalue weighted by Gasteiger charge is -2.37. The molecule has 5 heteroatoms. The first-order valence-electron chi connectivity index (χ1n) is 5.55. The molecule has 0 aromatic carbocycles. The van der Waals surface area contributed by atoms with Gasteiger partial charge in [0.05, 0.1) is 6.42 Å². The Labute approximate surface area is 103 Å². The molecule has 1 N–H and O–H groups in total. The number of carboxylic acids is 1. The lowest BCUT2D eigenvalue weighted by Crippen LogP contribution is -2.51. The van der Waals surface area contributed by atoms with Crippen LogP contribution in [0.4, 0.5) is 4.79 Å². The summed E-state index contributed by atoms with van der Waals surface area (Å²) in [6.07, 6.45) is 1.58. The molecule has 0 rings (SSSR count). The second-order valence-electron chi connectivity index (χ2n) is 4.92. The van der Waals surface area contributed by atoms with Crippen LogP contribution in [-0.2, 0) is 4.79 Å². The van der Waals surface area contributed by atoms with Crippen LogP contribution in [0.2, 0.25) is 0 Å². The Kier molecular flexibility index (Phi) is 5.71. The maximum atomic E-state index is 12.1. The van der Waals surface area contributed by atoms with Crippen LogP contribution in [0.3, 0.4) is 0 Å². The topological polar surface area (TPSA) is 60.9 Å². The molecule has 0 spiro atoms. The predicted molar refractivity (Wildman–Crippen MR) is 66.9 cm³/mol. The number of carbonyl (C=O) groups excluding carboxylic acids is 1. The van der Waals surface area contributed by atoms with Crippen LogP contribution >= 0.6 is 0 Å². The maximum Gasteiger partial charge on any atom is 0.320 e. The van der Waals surface area contributed by atoms with Gasteiger partial charge in [0.1, 0.15) is 0 Å². The zero-order valence-corrected chi connectivity index (χ0v) is 11.1. The third-order valence-electron chi connectivity index (χ3n) is 2.32. The highest BCUT2D eigenvalue weighted by atomic mass is 16.4. The standard InChI is InChI=1S/C12H22N2O3/c1-6-8-13(5)11(17)14(12(2,3)4)9-7-10(15)16/h6H,1,7-9H2,2-5H3,(H,15,16). The van der Waals surface area contributed by atoms with Crippen LogP contribution in [0.15, 0.2) is 12.7 Å². The van der Waals surface area contributed by atoms with Crippen molar-refractivity contribution in [3.8, 4) is 0 Å². The van der Waals surface area contributed by atoms with Crippen molar-refractivity contribution in [3.05, 3.63) is 12.7 Å². The third-order valence-corrected chi connectivity index (χ3v) is 2.32. The Morgan fingerprint density at radius 1 is 1.35 bits per heavy atom. The highest BCUT2D eigenvalue weighted by Gasteiger charge is 2.28. The SMILES string of the molecule is C=CCN(C)C(=O)N(CCC(=O)O)C(C)(C)C. The fourth-order valence-corrected chi connectivity index (χ4v) is 1.40. The van der Waals surface area contributed by atoms with E-state index in [1.165, 1.54) is 4.90 Å². The van der Waals surface area contributed by atoms with E-state index in [1.54, 1.807) is 18.0 Å². The van der Waals surface area contributed by atoms with Gasteiger partial charge >= 0.3 is 12.0 Å². The normalized spacial score (nSPS) is 10.8. The van der Waals surface area contributed by atoms with Gasteiger partial charge in [-0.15, -0.1) is 6.58 Å². The highest BCUT2D eigenvalue weighted by molar-refractivity contribution is 5.76. The van der Waals surface area contributed by atoms with Gasteiger partial charge in [-0.1, -0.05) is 6.08 Å². The van der Waals surface area contributed by atoms with Crippen LogP contribution in [-0.4, -0.2) is 52.6 Å². The van der Waals surface area contributed by atoms with Crippen LogP contribution in [0.1, 0.15) is 27.2 Å². The summed E-state index contributed by atoms with van der Waals surface area (Å²) in [4.78, 5) is 25.8. The first kappa shape index (κ1) is 15.5. The zero-order chi connectivity index (χ0) is 13.6. The fraction of sp³-hybridized carbons (Fsp3) is 0.667. The zero-order valence-electron chi connectivity index (χ0n) is 11.1. The number of rotatable bonds is 5. The van der Waals surface area contributed by atoms with Gasteiger partial charge in [0.2, 0.25) is 0 Å². The molecule has 0 saturated heterocycles. The molecule has 98 valence electrons. The molecule has 0 fully saturated rings. The monoisotopic (exact) mass is 242 g/mol. The minimum Gasteiger partial charge on any atom is -0.481 e. The lowest BCUT2D eigenvalue weighted by molar-refractivity contribution is -0.137. The van der Waals surface area contributed by atoms with E-state index in [4.69, 9.17) is 5.11 Å².